The van der Waals surface area contributed by atoms with Gasteiger partial charge in [-0.3, -0.25) is 9.59 Å². The average molecular weight is 415 g/mol. The van der Waals surface area contributed by atoms with Gasteiger partial charge in [-0.1, -0.05) is 35.9 Å². The van der Waals surface area contributed by atoms with Gasteiger partial charge in [0.15, 0.2) is 5.78 Å². The van der Waals surface area contributed by atoms with Gasteiger partial charge in [0, 0.05) is 39.8 Å². The van der Waals surface area contributed by atoms with Crippen LogP contribution in [0, 0.1) is 13.8 Å². The van der Waals surface area contributed by atoms with Gasteiger partial charge in [-0.15, -0.1) is 0 Å². The molecule has 0 aliphatic heterocycles. The molecule has 30 heavy (non-hydrogen) atoms. The zero-order valence-corrected chi connectivity index (χ0v) is 17.6. The van der Waals surface area contributed by atoms with Gasteiger partial charge in [-0.2, -0.15) is 0 Å². The molecule has 4 nitrogen and oxygen atoms in total. The highest BCUT2D eigenvalue weighted by atomic mass is 35.5. The number of hydrogen-bond acceptors (Lipinski definition) is 3. The van der Waals surface area contributed by atoms with Crippen molar-refractivity contribution >= 4 is 39.7 Å². The second-order valence-electron chi connectivity index (χ2n) is 7.71. The summed E-state index contributed by atoms with van der Waals surface area (Å²) in [7, 11) is 1.77. The zero-order chi connectivity index (χ0) is 21.2. The van der Waals surface area contributed by atoms with Gasteiger partial charge in [-0.05, 0) is 55.3 Å². The molecule has 0 saturated heterocycles. The number of aryl methyl sites for hydroxylation is 2. The molecule has 1 N–H and O–H groups in total. The van der Waals surface area contributed by atoms with Crippen LogP contribution in [0.25, 0.3) is 22.0 Å². The lowest BCUT2D eigenvalue weighted by Crippen LogP contribution is -2.25. The molecular formula is C25H19ClN2O2. The van der Waals surface area contributed by atoms with Crippen molar-refractivity contribution < 1.29 is 4.79 Å². The van der Waals surface area contributed by atoms with Crippen molar-refractivity contribution in [3.8, 4) is 11.1 Å². The van der Waals surface area contributed by atoms with Gasteiger partial charge < -0.3 is 9.88 Å². The number of benzene rings is 3. The number of rotatable bonds is 2. The maximum Gasteiger partial charge on any atom is 0.254 e. The van der Waals surface area contributed by atoms with Gasteiger partial charge in [0.2, 0.25) is 0 Å². The largest absolute Gasteiger partial charge is 0.355 e. The number of carbonyl (C=O) groups is 1. The molecule has 0 amide bonds. The summed E-state index contributed by atoms with van der Waals surface area (Å²) in [6.45, 7) is 3.80. The van der Waals surface area contributed by atoms with E-state index in [2.05, 4.69) is 5.32 Å². The lowest BCUT2D eigenvalue weighted by atomic mass is 9.80. The summed E-state index contributed by atoms with van der Waals surface area (Å²) in [5.41, 5.74) is 6.76. The SMILES string of the molecule is Cc1c2c3c(c(Nc4ccc(Cl)cc4)cc(C)c3n(C)c1=O)C(=O)c1ccccc1-2. The van der Waals surface area contributed by atoms with Crippen LogP contribution >= 0.6 is 11.6 Å². The molecule has 0 fully saturated rings. The monoisotopic (exact) mass is 414 g/mol. The Morgan fingerprint density at radius 2 is 1.57 bits per heavy atom. The Morgan fingerprint density at radius 3 is 2.27 bits per heavy atom. The molecule has 148 valence electrons. The number of carbonyl (C=O) groups excluding carboxylic acids is 1. The Morgan fingerprint density at radius 1 is 0.900 bits per heavy atom. The Bertz CT molecular complexity index is 1430. The van der Waals surface area contributed by atoms with Crippen molar-refractivity contribution in [2.75, 3.05) is 5.32 Å². The second-order valence-corrected chi connectivity index (χ2v) is 8.15. The number of halogens is 1. The van der Waals surface area contributed by atoms with E-state index in [1.54, 1.807) is 23.7 Å². The molecule has 0 bridgehead atoms. The second kappa shape index (κ2) is 6.57. The number of hydrogen-bond donors (Lipinski definition) is 1. The quantitative estimate of drug-likeness (QED) is 0.399. The van der Waals surface area contributed by atoms with Crippen LogP contribution in [-0.2, 0) is 7.05 Å². The molecule has 5 heteroatoms. The minimum atomic E-state index is -0.0471. The minimum absolute atomic E-state index is 0.0439. The van der Waals surface area contributed by atoms with Crippen LogP contribution in [0.15, 0.2) is 59.4 Å². The topological polar surface area (TPSA) is 51.1 Å². The first-order valence-corrected chi connectivity index (χ1v) is 10.1. The molecule has 1 aliphatic carbocycles. The van der Waals surface area contributed by atoms with Crippen LogP contribution in [0.1, 0.15) is 27.0 Å². The van der Waals surface area contributed by atoms with Crippen molar-refractivity contribution in [2.45, 2.75) is 13.8 Å². The molecule has 1 aromatic heterocycles. The number of nitrogens with zero attached hydrogens (tertiary/aromatic N) is 1. The molecule has 0 spiro atoms. The number of anilines is 2. The van der Waals surface area contributed by atoms with E-state index >= 15 is 0 Å². The summed E-state index contributed by atoms with van der Waals surface area (Å²) in [5.74, 6) is -0.0439. The Labute approximate surface area is 178 Å². The van der Waals surface area contributed by atoms with E-state index in [0.717, 1.165) is 39.0 Å². The summed E-state index contributed by atoms with van der Waals surface area (Å²) in [6.07, 6.45) is 0. The summed E-state index contributed by atoms with van der Waals surface area (Å²) < 4.78 is 1.65. The van der Waals surface area contributed by atoms with Gasteiger partial charge in [0.1, 0.15) is 0 Å². The number of pyridine rings is 1. The number of nitrogens with one attached hydrogen (secondary N) is 1. The first kappa shape index (κ1) is 18.6. The van der Waals surface area contributed by atoms with Crippen LogP contribution < -0.4 is 10.9 Å². The fourth-order valence-electron chi connectivity index (χ4n) is 4.52. The number of ketones is 1. The highest BCUT2D eigenvalue weighted by Gasteiger charge is 2.31. The summed E-state index contributed by atoms with van der Waals surface area (Å²) in [6, 6.07) is 16.8. The van der Waals surface area contributed by atoms with Crippen molar-refractivity contribution in [3.05, 3.63) is 92.2 Å². The predicted molar refractivity (Wildman–Crippen MR) is 122 cm³/mol. The van der Waals surface area contributed by atoms with Crippen LogP contribution in [0.4, 0.5) is 11.4 Å². The van der Waals surface area contributed by atoms with Gasteiger partial charge in [-0.25, -0.2) is 0 Å². The van der Waals surface area contributed by atoms with Crippen LogP contribution in [-0.4, -0.2) is 10.4 Å². The van der Waals surface area contributed by atoms with Crippen molar-refractivity contribution in [1.82, 2.24) is 4.57 Å². The summed E-state index contributed by atoms with van der Waals surface area (Å²) in [5, 5.41) is 4.87. The highest BCUT2D eigenvalue weighted by molar-refractivity contribution is 6.30. The number of fused-ring (bicyclic) bond motifs is 2. The van der Waals surface area contributed by atoms with Crippen molar-refractivity contribution in [1.29, 1.82) is 0 Å². The summed E-state index contributed by atoms with van der Waals surface area (Å²) in [4.78, 5) is 26.6. The Balaban J connectivity index is 1.92. The van der Waals surface area contributed by atoms with E-state index in [-0.39, 0.29) is 11.3 Å². The molecule has 1 aliphatic rings. The van der Waals surface area contributed by atoms with Gasteiger partial charge in [0.05, 0.1) is 16.8 Å². The van der Waals surface area contributed by atoms with E-state index < -0.39 is 0 Å². The normalized spacial score (nSPS) is 12.2. The van der Waals surface area contributed by atoms with E-state index in [9.17, 15) is 9.59 Å². The molecule has 4 aromatic rings. The zero-order valence-electron chi connectivity index (χ0n) is 16.8. The van der Waals surface area contributed by atoms with Crippen molar-refractivity contribution in [3.63, 3.8) is 0 Å². The smallest absolute Gasteiger partial charge is 0.254 e. The van der Waals surface area contributed by atoms with Crippen LogP contribution in [0.3, 0.4) is 0 Å². The average Bonchev–Trinajstić information content (AvgIpc) is 2.73. The lowest BCUT2D eigenvalue weighted by molar-refractivity contribution is 0.104. The predicted octanol–water partition coefficient (Wildman–Crippen LogP) is 5.76. The third-order valence-electron chi connectivity index (χ3n) is 5.87. The lowest BCUT2D eigenvalue weighted by Gasteiger charge is -2.26. The molecule has 1 heterocycles. The van der Waals surface area contributed by atoms with E-state index in [1.807, 2.05) is 56.3 Å². The third kappa shape index (κ3) is 2.54. The fraction of sp³-hybridized carbons (Fsp3) is 0.120. The molecule has 0 radical (unpaired) electrons. The van der Waals surface area contributed by atoms with Crippen LogP contribution in [0.2, 0.25) is 5.02 Å². The molecule has 3 aromatic carbocycles. The molecule has 0 saturated carbocycles. The molecule has 0 atom stereocenters. The summed E-state index contributed by atoms with van der Waals surface area (Å²) >= 11 is 6.02. The van der Waals surface area contributed by atoms with E-state index in [0.29, 0.717) is 21.7 Å². The highest BCUT2D eigenvalue weighted by Crippen LogP contribution is 2.44. The first-order valence-electron chi connectivity index (χ1n) is 9.72. The maximum absolute atomic E-state index is 13.6. The molecule has 0 unspecified atom stereocenters. The van der Waals surface area contributed by atoms with Crippen LogP contribution in [0.5, 0.6) is 0 Å². The van der Waals surface area contributed by atoms with E-state index in [1.165, 1.54) is 0 Å². The standard InChI is InChI=1S/C25H19ClN2O2/c1-13-12-19(27-16-10-8-15(26)9-11-16)21-22-20(14(2)25(30)28(3)23(13)22)17-6-4-5-7-18(17)24(21)29/h4-12,27H,1-3H3. The third-order valence-corrected chi connectivity index (χ3v) is 6.12. The molecule has 5 rings (SSSR count). The van der Waals surface area contributed by atoms with Crippen molar-refractivity contribution in [2.24, 2.45) is 7.05 Å². The maximum atomic E-state index is 13.6. The van der Waals surface area contributed by atoms with Gasteiger partial charge in [0.25, 0.3) is 5.56 Å². The van der Waals surface area contributed by atoms with Gasteiger partial charge >= 0.3 is 0 Å². The first-order chi connectivity index (χ1) is 14.4. The number of aromatic nitrogens is 1. The Kier molecular flexibility index (Phi) is 4.09. The molecular weight excluding hydrogens is 396 g/mol. The Hall–Kier alpha value is -3.37. The fourth-order valence-corrected chi connectivity index (χ4v) is 4.65. The van der Waals surface area contributed by atoms with E-state index in [4.69, 9.17) is 11.6 Å². The minimum Gasteiger partial charge on any atom is -0.355 e.